The largest absolute Gasteiger partial charge is 0.379 e. The Hall–Kier alpha value is 0.0700. The molecule has 1 heterocycles. The first-order valence-electron chi connectivity index (χ1n) is 4.35. The number of hydrogen-bond acceptors (Lipinski definition) is 3. The van der Waals surface area contributed by atoms with Gasteiger partial charge in [-0.05, 0) is 6.92 Å². The maximum absolute atomic E-state index is 10.8. The molecule has 1 aliphatic heterocycles. The third-order valence-electron chi connectivity index (χ3n) is 2.20. The fraction of sp³-hybridized carbons (Fsp3) is 1.00. The van der Waals surface area contributed by atoms with Gasteiger partial charge in [0.15, 0.2) is 0 Å². The Balaban J connectivity index is 2.34. The van der Waals surface area contributed by atoms with E-state index in [1.54, 1.807) is 6.92 Å². The fourth-order valence-corrected chi connectivity index (χ4v) is 1.71. The van der Waals surface area contributed by atoms with Gasteiger partial charge in [0.1, 0.15) is 0 Å². The van der Waals surface area contributed by atoms with Crippen LogP contribution < -0.4 is 0 Å². The Kier molecular flexibility index (Phi) is 3.88. The quantitative estimate of drug-likeness (QED) is 0.634. The summed E-state index contributed by atoms with van der Waals surface area (Å²) in [6.45, 7) is 4.89. The molecule has 0 amide bonds. The molecule has 0 aromatic rings. The fourth-order valence-electron chi connectivity index (χ4n) is 1.26. The Morgan fingerprint density at radius 3 is 2.46 bits per heavy atom. The van der Waals surface area contributed by atoms with Crippen LogP contribution in [0.1, 0.15) is 6.92 Å². The van der Waals surface area contributed by atoms with Gasteiger partial charge in [0.25, 0.3) is 0 Å². The third-order valence-corrected chi connectivity index (χ3v) is 3.51. The van der Waals surface area contributed by atoms with Crippen molar-refractivity contribution in [1.82, 2.24) is 4.90 Å². The van der Waals surface area contributed by atoms with Gasteiger partial charge >= 0.3 is 7.60 Å². The highest BCUT2D eigenvalue weighted by Crippen LogP contribution is 2.41. The SMILES string of the molecule is C[C@H](CN1CCOCC1)P(=O)(O)O. The molecule has 78 valence electrons. The Morgan fingerprint density at radius 2 is 2.00 bits per heavy atom. The summed E-state index contributed by atoms with van der Waals surface area (Å²) < 4.78 is 16.0. The predicted octanol–water partition coefficient (Wildman–Crippen LogP) is -0.115. The first-order chi connectivity index (χ1) is 6.00. The summed E-state index contributed by atoms with van der Waals surface area (Å²) in [5.41, 5.74) is -0.578. The normalized spacial score (nSPS) is 23.0. The lowest BCUT2D eigenvalue weighted by molar-refractivity contribution is 0.0375. The molecule has 2 N–H and O–H groups in total. The van der Waals surface area contributed by atoms with Crippen LogP contribution in [0, 0.1) is 0 Å². The van der Waals surface area contributed by atoms with Crippen molar-refractivity contribution in [2.75, 3.05) is 32.8 Å². The van der Waals surface area contributed by atoms with Crippen molar-refractivity contribution in [2.24, 2.45) is 0 Å². The van der Waals surface area contributed by atoms with Crippen molar-refractivity contribution in [3.05, 3.63) is 0 Å². The van der Waals surface area contributed by atoms with Crippen LogP contribution in [0.4, 0.5) is 0 Å². The molecule has 0 spiro atoms. The summed E-state index contributed by atoms with van der Waals surface area (Å²) in [6.07, 6.45) is 0. The molecule has 6 heteroatoms. The summed E-state index contributed by atoms with van der Waals surface area (Å²) >= 11 is 0. The number of rotatable bonds is 3. The first kappa shape index (κ1) is 11.1. The van der Waals surface area contributed by atoms with Crippen LogP contribution in [0.2, 0.25) is 0 Å². The molecule has 1 atom stereocenters. The number of ether oxygens (including phenoxy) is 1. The molecule has 1 saturated heterocycles. The van der Waals surface area contributed by atoms with Gasteiger partial charge in [-0.1, -0.05) is 0 Å². The lowest BCUT2D eigenvalue weighted by atomic mass is 10.3. The first-order valence-corrected chi connectivity index (χ1v) is 6.03. The minimum absolute atomic E-state index is 0.452. The summed E-state index contributed by atoms with van der Waals surface area (Å²) in [5.74, 6) is 0. The van der Waals surface area contributed by atoms with Crippen molar-refractivity contribution in [1.29, 1.82) is 0 Å². The van der Waals surface area contributed by atoms with E-state index in [1.807, 2.05) is 4.90 Å². The number of hydrogen-bond donors (Lipinski definition) is 2. The van der Waals surface area contributed by atoms with E-state index in [1.165, 1.54) is 0 Å². The molecule has 1 aliphatic rings. The highest BCUT2D eigenvalue weighted by atomic mass is 31.2. The summed E-state index contributed by atoms with van der Waals surface area (Å²) in [7, 11) is -3.91. The molecule has 1 rings (SSSR count). The summed E-state index contributed by atoms with van der Waals surface area (Å²) in [5, 5.41) is 0. The number of nitrogens with zero attached hydrogens (tertiary/aromatic N) is 1. The van der Waals surface area contributed by atoms with Gasteiger partial charge in [-0.15, -0.1) is 0 Å². The van der Waals surface area contributed by atoms with Gasteiger partial charge in [0, 0.05) is 19.6 Å². The molecule has 13 heavy (non-hydrogen) atoms. The van der Waals surface area contributed by atoms with E-state index in [0.29, 0.717) is 19.8 Å². The highest BCUT2D eigenvalue weighted by Gasteiger charge is 2.26. The third kappa shape index (κ3) is 3.75. The smallest absolute Gasteiger partial charge is 0.329 e. The molecule has 0 aromatic carbocycles. The minimum atomic E-state index is -3.91. The van der Waals surface area contributed by atoms with Gasteiger partial charge in [-0.3, -0.25) is 9.46 Å². The Morgan fingerprint density at radius 1 is 1.46 bits per heavy atom. The molecule has 0 aliphatic carbocycles. The Labute approximate surface area is 77.8 Å². The lowest BCUT2D eigenvalue weighted by Crippen LogP contribution is -2.40. The average Bonchev–Trinajstić information content (AvgIpc) is 2.04. The second-order valence-electron chi connectivity index (χ2n) is 3.35. The maximum Gasteiger partial charge on any atom is 0.329 e. The van der Waals surface area contributed by atoms with Crippen LogP contribution >= 0.6 is 7.60 Å². The highest BCUT2D eigenvalue weighted by molar-refractivity contribution is 7.52. The van der Waals surface area contributed by atoms with Gasteiger partial charge in [-0.2, -0.15) is 0 Å². The standard InChI is InChI=1S/C7H16NO4P/c1-7(13(9,10)11)6-8-2-4-12-5-3-8/h7H,2-6H2,1H3,(H2,9,10,11)/t7-/m1/s1. The molecule has 1 fully saturated rings. The van der Waals surface area contributed by atoms with Crippen LogP contribution in [0.25, 0.3) is 0 Å². The van der Waals surface area contributed by atoms with Crippen LogP contribution in [0.3, 0.4) is 0 Å². The second kappa shape index (κ2) is 4.53. The van der Waals surface area contributed by atoms with Crippen molar-refractivity contribution in [3.8, 4) is 0 Å². The van der Waals surface area contributed by atoms with Crippen molar-refractivity contribution >= 4 is 7.60 Å². The molecule has 0 radical (unpaired) electrons. The average molecular weight is 209 g/mol. The van der Waals surface area contributed by atoms with Gasteiger partial charge < -0.3 is 14.5 Å². The van der Waals surface area contributed by atoms with Crippen molar-refractivity contribution in [3.63, 3.8) is 0 Å². The van der Waals surface area contributed by atoms with Crippen molar-refractivity contribution in [2.45, 2.75) is 12.6 Å². The van der Waals surface area contributed by atoms with Crippen LogP contribution in [-0.4, -0.2) is 53.2 Å². The zero-order valence-corrected chi connectivity index (χ0v) is 8.61. The maximum atomic E-state index is 10.8. The van der Waals surface area contributed by atoms with Gasteiger partial charge in [-0.25, -0.2) is 0 Å². The van der Waals surface area contributed by atoms with Crippen LogP contribution in [0.5, 0.6) is 0 Å². The van der Waals surface area contributed by atoms with E-state index < -0.39 is 13.3 Å². The van der Waals surface area contributed by atoms with E-state index in [9.17, 15) is 4.57 Å². The molecule has 0 bridgehead atoms. The van der Waals surface area contributed by atoms with E-state index >= 15 is 0 Å². The number of morpholine rings is 1. The molecule has 0 aromatic heterocycles. The summed E-state index contributed by atoms with van der Waals surface area (Å²) in [4.78, 5) is 19.8. The van der Waals surface area contributed by atoms with E-state index in [-0.39, 0.29) is 0 Å². The topological polar surface area (TPSA) is 70.0 Å². The molecular weight excluding hydrogens is 193 g/mol. The predicted molar refractivity (Wildman–Crippen MR) is 48.8 cm³/mol. The van der Waals surface area contributed by atoms with Gasteiger partial charge in [0.2, 0.25) is 0 Å². The summed E-state index contributed by atoms with van der Waals surface area (Å²) in [6, 6.07) is 0. The lowest BCUT2D eigenvalue weighted by Gasteiger charge is -2.29. The van der Waals surface area contributed by atoms with Gasteiger partial charge in [0.05, 0.1) is 18.9 Å². The minimum Gasteiger partial charge on any atom is -0.379 e. The van der Waals surface area contributed by atoms with E-state index in [0.717, 1.165) is 13.1 Å². The zero-order chi connectivity index (χ0) is 9.90. The molecule has 0 unspecified atom stereocenters. The Bertz CT molecular complexity index is 199. The van der Waals surface area contributed by atoms with Crippen LogP contribution in [-0.2, 0) is 9.30 Å². The zero-order valence-electron chi connectivity index (χ0n) is 7.72. The van der Waals surface area contributed by atoms with E-state index in [4.69, 9.17) is 14.5 Å². The monoisotopic (exact) mass is 209 g/mol. The second-order valence-corrected chi connectivity index (χ2v) is 5.41. The molecule has 0 saturated carbocycles. The van der Waals surface area contributed by atoms with Crippen LogP contribution in [0.15, 0.2) is 0 Å². The van der Waals surface area contributed by atoms with Crippen molar-refractivity contribution < 1.29 is 19.1 Å². The molecular formula is C7H16NO4P. The van der Waals surface area contributed by atoms with E-state index in [2.05, 4.69) is 0 Å². The molecule has 5 nitrogen and oxygen atoms in total.